The van der Waals surface area contributed by atoms with Crippen molar-refractivity contribution in [1.29, 1.82) is 0 Å². The summed E-state index contributed by atoms with van der Waals surface area (Å²) in [5.41, 5.74) is 1.69. The van der Waals surface area contributed by atoms with Crippen LogP contribution in [-0.2, 0) is 16.0 Å². The van der Waals surface area contributed by atoms with Crippen molar-refractivity contribution < 1.29 is 23.9 Å². The number of nitrogens with one attached hydrogen (secondary N) is 1. The molecule has 34 heavy (non-hydrogen) atoms. The quantitative estimate of drug-likeness (QED) is 0.380. The number of rotatable bonds is 7. The Balaban J connectivity index is 1.38. The summed E-state index contributed by atoms with van der Waals surface area (Å²) in [6, 6.07) is 18.2. The fourth-order valence-corrected chi connectivity index (χ4v) is 3.84. The molecule has 9 heteroatoms. The van der Waals surface area contributed by atoms with Crippen LogP contribution < -0.4 is 5.32 Å². The van der Waals surface area contributed by atoms with Crippen LogP contribution in [-0.4, -0.2) is 41.7 Å². The largest absolute Gasteiger partial charge is 0.452 e. The molecule has 0 aliphatic carbocycles. The minimum Gasteiger partial charge on any atom is -0.452 e. The Morgan fingerprint density at radius 2 is 1.62 bits per heavy atom. The van der Waals surface area contributed by atoms with Gasteiger partial charge in [0.1, 0.15) is 0 Å². The van der Waals surface area contributed by atoms with Gasteiger partial charge in [-0.05, 0) is 48.4 Å². The zero-order valence-electron chi connectivity index (χ0n) is 17.7. The molecule has 0 saturated heterocycles. The van der Waals surface area contributed by atoms with Crippen molar-refractivity contribution in [1.82, 2.24) is 4.90 Å². The third-order valence-electron chi connectivity index (χ3n) is 5.21. The van der Waals surface area contributed by atoms with Crippen molar-refractivity contribution >= 4 is 52.6 Å². The van der Waals surface area contributed by atoms with Gasteiger partial charge in [0.05, 0.1) is 27.4 Å². The average molecular weight is 497 g/mol. The van der Waals surface area contributed by atoms with Crippen LogP contribution in [0.4, 0.5) is 5.69 Å². The van der Waals surface area contributed by atoms with Crippen molar-refractivity contribution in [2.24, 2.45) is 0 Å². The fraction of sp³-hybridized carbons (Fsp3) is 0.120. The molecule has 1 heterocycles. The first-order valence-corrected chi connectivity index (χ1v) is 11.1. The molecule has 0 aromatic heterocycles. The number of carbonyl (C=O) groups is 4. The lowest BCUT2D eigenvalue weighted by atomic mass is 10.1. The molecule has 3 aromatic rings. The Morgan fingerprint density at radius 3 is 2.38 bits per heavy atom. The van der Waals surface area contributed by atoms with E-state index in [0.717, 1.165) is 10.5 Å². The first kappa shape index (κ1) is 23.5. The van der Waals surface area contributed by atoms with Gasteiger partial charge >= 0.3 is 5.97 Å². The number of halogens is 2. The third kappa shape index (κ3) is 5.11. The second-order valence-corrected chi connectivity index (χ2v) is 8.35. The molecular formula is C25H18Cl2N2O5. The van der Waals surface area contributed by atoms with E-state index in [4.69, 9.17) is 27.9 Å². The molecule has 172 valence electrons. The van der Waals surface area contributed by atoms with Crippen LogP contribution >= 0.6 is 23.2 Å². The highest BCUT2D eigenvalue weighted by Crippen LogP contribution is 2.26. The zero-order chi connectivity index (χ0) is 24.2. The number of benzene rings is 3. The SMILES string of the molecule is O=C(COC(=O)c1ccc2c(c1)C(=O)N(CCc1ccccc1)C2=O)Nc1cc(Cl)ccc1Cl. The van der Waals surface area contributed by atoms with Crippen LogP contribution in [0.1, 0.15) is 36.6 Å². The lowest BCUT2D eigenvalue weighted by Gasteiger charge is -2.13. The molecule has 1 aliphatic rings. The smallest absolute Gasteiger partial charge is 0.338 e. The van der Waals surface area contributed by atoms with E-state index in [2.05, 4.69) is 5.32 Å². The molecule has 7 nitrogen and oxygen atoms in total. The van der Waals surface area contributed by atoms with Crippen molar-refractivity contribution in [3.05, 3.63) is 99.0 Å². The number of amides is 3. The zero-order valence-corrected chi connectivity index (χ0v) is 19.2. The predicted octanol–water partition coefficient (Wildman–Crippen LogP) is 4.63. The molecule has 0 unspecified atom stereocenters. The lowest BCUT2D eigenvalue weighted by Crippen LogP contribution is -2.31. The minimum atomic E-state index is -0.807. The summed E-state index contributed by atoms with van der Waals surface area (Å²) in [7, 11) is 0. The molecular weight excluding hydrogens is 479 g/mol. The highest BCUT2D eigenvalue weighted by Gasteiger charge is 2.35. The van der Waals surface area contributed by atoms with Crippen molar-refractivity contribution in [2.45, 2.75) is 6.42 Å². The average Bonchev–Trinajstić information content (AvgIpc) is 3.08. The molecule has 4 rings (SSSR count). The number of esters is 1. The maximum atomic E-state index is 12.8. The predicted molar refractivity (Wildman–Crippen MR) is 127 cm³/mol. The van der Waals surface area contributed by atoms with E-state index in [0.29, 0.717) is 11.4 Å². The first-order valence-electron chi connectivity index (χ1n) is 10.3. The Morgan fingerprint density at radius 1 is 0.882 bits per heavy atom. The van der Waals surface area contributed by atoms with Crippen LogP contribution in [0.3, 0.4) is 0 Å². The van der Waals surface area contributed by atoms with Crippen molar-refractivity contribution in [2.75, 3.05) is 18.5 Å². The molecule has 0 saturated carbocycles. The summed E-state index contributed by atoms with van der Waals surface area (Å²) >= 11 is 11.9. The molecule has 0 fully saturated rings. The second kappa shape index (κ2) is 10.1. The maximum Gasteiger partial charge on any atom is 0.338 e. The van der Waals surface area contributed by atoms with Gasteiger partial charge in [-0.2, -0.15) is 0 Å². The number of hydrogen-bond acceptors (Lipinski definition) is 5. The number of nitrogens with zero attached hydrogens (tertiary/aromatic N) is 1. The summed E-state index contributed by atoms with van der Waals surface area (Å²) in [6.07, 6.45) is 0.521. The van der Waals surface area contributed by atoms with Gasteiger partial charge in [0.15, 0.2) is 6.61 Å². The number of hydrogen-bond donors (Lipinski definition) is 1. The molecule has 0 spiro atoms. The van der Waals surface area contributed by atoms with E-state index in [-0.39, 0.29) is 33.9 Å². The van der Waals surface area contributed by atoms with Gasteiger partial charge in [0, 0.05) is 11.6 Å². The summed E-state index contributed by atoms with van der Waals surface area (Å²) in [6.45, 7) is -0.350. The van der Waals surface area contributed by atoms with E-state index in [1.54, 1.807) is 6.07 Å². The Hall–Kier alpha value is -3.68. The van der Waals surface area contributed by atoms with E-state index >= 15 is 0 Å². The van der Waals surface area contributed by atoms with E-state index in [1.807, 2.05) is 30.3 Å². The second-order valence-electron chi connectivity index (χ2n) is 7.51. The molecule has 1 aliphatic heterocycles. The topological polar surface area (TPSA) is 92.8 Å². The Labute approximate surface area is 205 Å². The van der Waals surface area contributed by atoms with Gasteiger partial charge in [-0.15, -0.1) is 0 Å². The molecule has 1 N–H and O–H groups in total. The third-order valence-corrected chi connectivity index (χ3v) is 5.77. The van der Waals surface area contributed by atoms with Crippen LogP contribution in [0.25, 0.3) is 0 Å². The number of ether oxygens (including phenoxy) is 1. The standard InChI is InChI=1S/C25H18Cl2N2O5/c26-17-7-9-20(27)21(13-17)28-22(30)14-34-25(33)16-6-8-18-19(12-16)24(32)29(23(18)31)11-10-15-4-2-1-3-5-15/h1-9,12-13H,10-11,14H2,(H,28,30). The number of anilines is 1. The fourth-order valence-electron chi connectivity index (χ4n) is 3.50. The number of fused-ring (bicyclic) bond motifs is 1. The Bertz CT molecular complexity index is 1290. The molecule has 0 atom stereocenters. The molecule has 0 bridgehead atoms. The van der Waals surface area contributed by atoms with Crippen LogP contribution in [0.15, 0.2) is 66.7 Å². The van der Waals surface area contributed by atoms with Crippen molar-refractivity contribution in [3.63, 3.8) is 0 Å². The van der Waals surface area contributed by atoms with E-state index < -0.39 is 30.3 Å². The van der Waals surface area contributed by atoms with Crippen LogP contribution in [0, 0.1) is 0 Å². The summed E-state index contributed by atoms with van der Waals surface area (Å²) in [4.78, 5) is 51.2. The van der Waals surface area contributed by atoms with Gasteiger partial charge in [0.2, 0.25) is 0 Å². The lowest BCUT2D eigenvalue weighted by molar-refractivity contribution is -0.119. The monoisotopic (exact) mass is 496 g/mol. The highest BCUT2D eigenvalue weighted by molar-refractivity contribution is 6.35. The molecule has 3 amide bonds. The number of imide groups is 1. The maximum absolute atomic E-state index is 12.8. The van der Waals surface area contributed by atoms with Crippen LogP contribution in [0.2, 0.25) is 10.0 Å². The number of carbonyl (C=O) groups excluding carboxylic acids is 4. The van der Waals surface area contributed by atoms with Crippen molar-refractivity contribution in [3.8, 4) is 0 Å². The summed E-state index contributed by atoms with van der Waals surface area (Å²) in [5.74, 6) is -2.30. The normalized spacial score (nSPS) is 12.5. The van der Waals surface area contributed by atoms with Crippen LogP contribution in [0.5, 0.6) is 0 Å². The van der Waals surface area contributed by atoms with E-state index in [9.17, 15) is 19.2 Å². The first-order chi connectivity index (χ1) is 16.3. The van der Waals surface area contributed by atoms with Gasteiger partial charge in [-0.1, -0.05) is 53.5 Å². The van der Waals surface area contributed by atoms with Gasteiger partial charge in [-0.3, -0.25) is 19.3 Å². The molecule has 0 radical (unpaired) electrons. The van der Waals surface area contributed by atoms with Gasteiger partial charge < -0.3 is 10.1 Å². The minimum absolute atomic E-state index is 0.0541. The Kier molecular flexibility index (Phi) is 6.95. The summed E-state index contributed by atoms with van der Waals surface area (Å²) < 4.78 is 5.05. The summed E-state index contributed by atoms with van der Waals surface area (Å²) in [5, 5.41) is 3.17. The van der Waals surface area contributed by atoms with Gasteiger partial charge in [0.25, 0.3) is 17.7 Å². The van der Waals surface area contributed by atoms with E-state index in [1.165, 1.54) is 30.3 Å². The highest BCUT2D eigenvalue weighted by atomic mass is 35.5. The van der Waals surface area contributed by atoms with Gasteiger partial charge in [-0.25, -0.2) is 4.79 Å². The molecule has 3 aromatic carbocycles.